The van der Waals surface area contributed by atoms with E-state index in [0.29, 0.717) is 23.8 Å². The maximum atomic E-state index is 11.0. The molecule has 0 bridgehead atoms. The number of aromatic nitrogens is 2. The third-order valence-electron chi connectivity index (χ3n) is 4.13. The van der Waals surface area contributed by atoms with E-state index < -0.39 is 0 Å². The van der Waals surface area contributed by atoms with Crippen molar-refractivity contribution in [1.82, 2.24) is 10.1 Å². The van der Waals surface area contributed by atoms with E-state index in [1.54, 1.807) is 27.0 Å². The van der Waals surface area contributed by atoms with Gasteiger partial charge in [0.15, 0.2) is 5.82 Å². The number of hydrogen-bond acceptors (Lipinski definition) is 7. The van der Waals surface area contributed by atoms with Crippen LogP contribution in [0.1, 0.15) is 29.7 Å². The molecule has 0 spiro atoms. The van der Waals surface area contributed by atoms with Crippen LogP contribution in [0.25, 0.3) is 0 Å². The van der Waals surface area contributed by atoms with Gasteiger partial charge < -0.3 is 14.2 Å². The zero-order chi connectivity index (χ0) is 16.6. The predicted molar refractivity (Wildman–Crippen MR) is 82.4 cm³/mol. The first-order chi connectivity index (χ1) is 11.0. The molecule has 1 aromatic carbocycles. The lowest BCUT2D eigenvalue weighted by molar-refractivity contribution is -0.385. The van der Waals surface area contributed by atoms with Crippen molar-refractivity contribution in [1.29, 1.82) is 0 Å². The molecule has 0 amide bonds. The van der Waals surface area contributed by atoms with Crippen LogP contribution in [0.4, 0.5) is 11.4 Å². The number of aryl methyl sites for hydroxylation is 2. The fourth-order valence-corrected chi connectivity index (χ4v) is 2.96. The van der Waals surface area contributed by atoms with E-state index in [1.165, 1.54) is 6.07 Å². The van der Waals surface area contributed by atoms with Crippen molar-refractivity contribution >= 4 is 11.4 Å². The molecule has 0 saturated carbocycles. The number of hydrogen-bond donors (Lipinski definition) is 0. The van der Waals surface area contributed by atoms with Crippen molar-refractivity contribution in [3.8, 4) is 0 Å². The van der Waals surface area contributed by atoms with E-state index in [1.807, 2.05) is 6.07 Å². The molecule has 0 aliphatic carbocycles. The highest BCUT2D eigenvalue weighted by molar-refractivity contribution is 5.57. The smallest absolute Gasteiger partial charge is 0.272 e. The molecule has 23 heavy (non-hydrogen) atoms. The Kier molecular flexibility index (Phi) is 3.99. The second kappa shape index (κ2) is 5.96. The van der Waals surface area contributed by atoms with Crippen LogP contribution in [0.3, 0.4) is 0 Å². The lowest BCUT2D eigenvalue weighted by Crippen LogP contribution is -2.25. The van der Waals surface area contributed by atoms with Crippen LogP contribution in [-0.4, -0.2) is 34.8 Å². The third kappa shape index (κ3) is 2.89. The first-order valence-electron chi connectivity index (χ1n) is 7.34. The first kappa shape index (κ1) is 15.4. The minimum atomic E-state index is -0.375. The van der Waals surface area contributed by atoms with Gasteiger partial charge in [-0.2, -0.15) is 4.98 Å². The van der Waals surface area contributed by atoms with E-state index in [-0.39, 0.29) is 22.8 Å². The molecule has 1 aliphatic heterocycles. The van der Waals surface area contributed by atoms with Crippen LogP contribution < -0.4 is 4.90 Å². The second-order valence-electron chi connectivity index (χ2n) is 5.67. The van der Waals surface area contributed by atoms with Crippen molar-refractivity contribution in [2.24, 2.45) is 0 Å². The van der Waals surface area contributed by atoms with Crippen LogP contribution >= 0.6 is 0 Å². The predicted octanol–water partition coefficient (Wildman–Crippen LogP) is 2.56. The normalized spacial score (nSPS) is 20.9. The average Bonchev–Trinajstić information content (AvgIpc) is 3.12. The van der Waals surface area contributed by atoms with Crippen LogP contribution in [0.5, 0.6) is 0 Å². The maximum absolute atomic E-state index is 11.0. The maximum Gasteiger partial charge on any atom is 0.272 e. The molecule has 2 unspecified atom stereocenters. The summed E-state index contributed by atoms with van der Waals surface area (Å²) in [4.78, 5) is 17.0. The Morgan fingerprint density at radius 1 is 1.43 bits per heavy atom. The molecule has 0 radical (unpaired) electrons. The summed E-state index contributed by atoms with van der Waals surface area (Å²) in [6.07, 6.45) is 0.774. The van der Waals surface area contributed by atoms with Gasteiger partial charge in [-0.1, -0.05) is 5.16 Å². The van der Waals surface area contributed by atoms with Gasteiger partial charge in [-0.15, -0.1) is 0 Å². The molecule has 3 rings (SSSR count). The van der Waals surface area contributed by atoms with Crippen LogP contribution in [0.15, 0.2) is 22.7 Å². The molecular weight excluding hydrogens is 300 g/mol. The van der Waals surface area contributed by atoms with Gasteiger partial charge in [0.1, 0.15) is 6.04 Å². The number of ether oxygens (including phenoxy) is 1. The number of methoxy groups -OCH3 is 1. The number of nitrogens with zero attached hydrogens (tertiary/aromatic N) is 4. The molecule has 8 heteroatoms. The van der Waals surface area contributed by atoms with Crippen molar-refractivity contribution in [2.75, 3.05) is 18.6 Å². The minimum absolute atomic E-state index is 0.0442. The van der Waals surface area contributed by atoms with Gasteiger partial charge in [0, 0.05) is 37.4 Å². The Morgan fingerprint density at radius 3 is 2.78 bits per heavy atom. The van der Waals surface area contributed by atoms with E-state index >= 15 is 0 Å². The highest BCUT2D eigenvalue weighted by Crippen LogP contribution is 2.37. The molecule has 2 heterocycles. The van der Waals surface area contributed by atoms with E-state index in [2.05, 4.69) is 15.0 Å². The third-order valence-corrected chi connectivity index (χ3v) is 4.13. The number of nitro groups is 1. The molecule has 122 valence electrons. The molecule has 1 aliphatic rings. The molecular formula is C15H18N4O4. The Hall–Kier alpha value is -2.48. The fraction of sp³-hybridized carbons (Fsp3) is 0.467. The molecule has 0 N–H and O–H groups in total. The van der Waals surface area contributed by atoms with Crippen molar-refractivity contribution < 1.29 is 14.2 Å². The van der Waals surface area contributed by atoms with Crippen LogP contribution in [0.2, 0.25) is 0 Å². The van der Waals surface area contributed by atoms with Crippen molar-refractivity contribution in [3.63, 3.8) is 0 Å². The van der Waals surface area contributed by atoms with Gasteiger partial charge in [0.2, 0.25) is 5.89 Å². The van der Waals surface area contributed by atoms with Gasteiger partial charge in [0.25, 0.3) is 5.69 Å². The monoisotopic (exact) mass is 318 g/mol. The number of benzene rings is 1. The average molecular weight is 318 g/mol. The van der Waals surface area contributed by atoms with Crippen LogP contribution in [0, 0.1) is 24.0 Å². The zero-order valence-electron chi connectivity index (χ0n) is 13.2. The summed E-state index contributed by atoms with van der Waals surface area (Å²) in [5.74, 6) is 1.12. The summed E-state index contributed by atoms with van der Waals surface area (Å²) in [6.45, 7) is 4.17. The minimum Gasteiger partial charge on any atom is -0.380 e. The summed E-state index contributed by atoms with van der Waals surface area (Å²) in [6, 6.07) is 4.99. The van der Waals surface area contributed by atoms with E-state index in [9.17, 15) is 10.1 Å². The highest BCUT2D eigenvalue weighted by Gasteiger charge is 2.37. The Morgan fingerprint density at radius 2 is 2.22 bits per heavy atom. The molecule has 1 saturated heterocycles. The van der Waals surface area contributed by atoms with E-state index in [0.717, 1.165) is 12.1 Å². The summed E-state index contributed by atoms with van der Waals surface area (Å²) in [7, 11) is 1.67. The highest BCUT2D eigenvalue weighted by atomic mass is 16.6. The van der Waals surface area contributed by atoms with Gasteiger partial charge in [-0.3, -0.25) is 10.1 Å². The Bertz CT molecular complexity index is 730. The first-order valence-corrected chi connectivity index (χ1v) is 7.34. The summed E-state index contributed by atoms with van der Waals surface area (Å²) in [5.41, 5.74) is 1.61. The summed E-state index contributed by atoms with van der Waals surface area (Å²) in [5, 5.41) is 14.8. The van der Waals surface area contributed by atoms with Gasteiger partial charge in [-0.25, -0.2) is 0 Å². The van der Waals surface area contributed by atoms with Crippen LogP contribution in [-0.2, 0) is 4.74 Å². The number of nitro benzene ring substituents is 1. The summed E-state index contributed by atoms with van der Waals surface area (Å²) >= 11 is 0. The largest absolute Gasteiger partial charge is 0.380 e. The van der Waals surface area contributed by atoms with Crippen molar-refractivity contribution in [2.45, 2.75) is 32.4 Å². The van der Waals surface area contributed by atoms with E-state index in [4.69, 9.17) is 9.26 Å². The zero-order valence-corrected chi connectivity index (χ0v) is 13.2. The molecule has 1 aromatic heterocycles. The molecule has 8 nitrogen and oxygen atoms in total. The number of anilines is 1. The molecule has 2 aromatic rings. The summed E-state index contributed by atoms with van der Waals surface area (Å²) < 4.78 is 10.8. The lowest BCUT2D eigenvalue weighted by atomic mass is 10.1. The molecule has 1 fully saturated rings. The quantitative estimate of drug-likeness (QED) is 0.631. The van der Waals surface area contributed by atoms with Gasteiger partial charge in [-0.05, 0) is 26.0 Å². The Labute approximate surface area is 133 Å². The van der Waals surface area contributed by atoms with Gasteiger partial charge in [0.05, 0.1) is 11.0 Å². The van der Waals surface area contributed by atoms with Gasteiger partial charge >= 0.3 is 0 Å². The number of rotatable bonds is 4. The standard InChI is InChI=1S/C15H18N4O4/c1-9-6-11(4-5-13(9)19(20)21)18-8-12(22-3)7-14(18)15-16-10(2)17-23-15/h4-6,12,14H,7-8H2,1-3H3. The Balaban J connectivity index is 1.95. The molecule has 2 atom stereocenters. The fourth-order valence-electron chi connectivity index (χ4n) is 2.96. The lowest BCUT2D eigenvalue weighted by Gasteiger charge is -2.24. The van der Waals surface area contributed by atoms with Crippen molar-refractivity contribution in [3.05, 3.63) is 45.6 Å². The SMILES string of the molecule is COC1CC(c2nc(C)no2)N(c2ccc([N+](=O)[O-])c(C)c2)C1. The topological polar surface area (TPSA) is 94.5 Å². The second-order valence-corrected chi connectivity index (χ2v) is 5.67.